The van der Waals surface area contributed by atoms with Crippen LogP contribution in [0.3, 0.4) is 0 Å². The van der Waals surface area contributed by atoms with Crippen LogP contribution in [0, 0.1) is 5.92 Å². The van der Waals surface area contributed by atoms with Gasteiger partial charge in [0.1, 0.15) is 0 Å². The molecule has 0 N–H and O–H groups in total. The van der Waals surface area contributed by atoms with Crippen molar-refractivity contribution in [3.63, 3.8) is 0 Å². The maximum absolute atomic E-state index is 6.10. The molecule has 0 aliphatic heterocycles. The molecule has 0 nitrogen and oxygen atoms in total. The van der Waals surface area contributed by atoms with Crippen molar-refractivity contribution in [2.24, 2.45) is 5.92 Å². The third-order valence-electron chi connectivity index (χ3n) is 4.88. The van der Waals surface area contributed by atoms with Crippen LogP contribution in [0.5, 0.6) is 0 Å². The number of rotatable bonds is 7. The van der Waals surface area contributed by atoms with Crippen molar-refractivity contribution in [2.75, 3.05) is 0 Å². The van der Waals surface area contributed by atoms with E-state index in [0.717, 1.165) is 16.9 Å². The van der Waals surface area contributed by atoms with E-state index in [1.807, 2.05) is 6.07 Å². The predicted octanol–water partition coefficient (Wildman–Crippen LogP) is 6.97. The fraction of sp³-hybridized carbons (Fsp3) is 0.684. The van der Waals surface area contributed by atoms with Crippen LogP contribution in [0.1, 0.15) is 82.6 Å². The first-order valence-electron chi connectivity index (χ1n) is 8.55. The number of hydrogen-bond donors (Lipinski definition) is 0. The molecular weight excluding hydrogens is 264 g/mol. The summed E-state index contributed by atoms with van der Waals surface area (Å²) in [5.41, 5.74) is 1.46. The average molecular weight is 293 g/mol. The second-order valence-corrected chi connectivity index (χ2v) is 6.91. The molecule has 0 radical (unpaired) electrons. The highest BCUT2D eigenvalue weighted by Gasteiger charge is 2.22. The first-order chi connectivity index (χ1) is 9.79. The number of unbranched alkanes of at least 4 members (excludes halogenated alkanes) is 4. The summed E-state index contributed by atoms with van der Waals surface area (Å²) in [7, 11) is 0. The molecular formula is C19H29Cl. The average Bonchev–Trinajstić information content (AvgIpc) is 2.48. The summed E-state index contributed by atoms with van der Waals surface area (Å²) >= 11 is 6.10. The smallest absolute Gasteiger partial charge is 0.0408 e. The number of benzene rings is 1. The Bertz CT molecular complexity index is 377. The zero-order valence-electron chi connectivity index (χ0n) is 12.9. The molecule has 20 heavy (non-hydrogen) atoms. The zero-order chi connectivity index (χ0) is 14.2. The van der Waals surface area contributed by atoms with E-state index in [4.69, 9.17) is 11.6 Å². The van der Waals surface area contributed by atoms with Gasteiger partial charge in [0.15, 0.2) is 0 Å². The maximum atomic E-state index is 6.10. The fourth-order valence-corrected chi connectivity index (χ4v) is 3.78. The van der Waals surface area contributed by atoms with Gasteiger partial charge in [0, 0.05) is 5.02 Å². The van der Waals surface area contributed by atoms with E-state index in [1.54, 1.807) is 0 Å². The molecule has 0 saturated heterocycles. The zero-order valence-corrected chi connectivity index (χ0v) is 13.7. The monoisotopic (exact) mass is 292 g/mol. The van der Waals surface area contributed by atoms with Crippen LogP contribution in [0.25, 0.3) is 0 Å². The molecule has 0 spiro atoms. The quantitative estimate of drug-likeness (QED) is 0.476. The first-order valence-corrected chi connectivity index (χ1v) is 8.93. The first kappa shape index (κ1) is 15.9. The Labute approximate surface area is 129 Å². The summed E-state index contributed by atoms with van der Waals surface area (Å²) in [6, 6.07) is 8.49. The lowest BCUT2D eigenvalue weighted by Gasteiger charge is -2.29. The van der Waals surface area contributed by atoms with Gasteiger partial charge in [-0.1, -0.05) is 69.2 Å². The second kappa shape index (κ2) is 8.72. The lowest BCUT2D eigenvalue weighted by Crippen LogP contribution is -2.13. The lowest BCUT2D eigenvalue weighted by molar-refractivity contribution is 0.302. The molecule has 1 heteroatoms. The summed E-state index contributed by atoms with van der Waals surface area (Å²) in [5.74, 6) is 1.75. The normalized spacial score (nSPS) is 22.9. The molecule has 1 aliphatic carbocycles. The van der Waals surface area contributed by atoms with Gasteiger partial charge in [0.25, 0.3) is 0 Å². The van der Waals surface area contributed by atoms with Crippen LogP contribution in [0.4, 0.5) is 0 Å². The number of halogens is 1. The van der Waals surface area contributed by atoms with Gasteiger partial charge >= 0.3 is 0 Å². The molecule has 1 aromatic rings. The van der Waals surface area contributed by atoms with E-state index in [-0.39, 0.29) is 0 Å². The minimum atomic E-state index is 0.755. The van der Waals surface area contributed by atoms with Crippen LogP contribution in [-0.2, 0) is 0 Å². The van der Waals surface area contributed by atoms with E-state index in [9.17, 15) is 0 Å². The molecule has 0 aromatic heterocycles. The van der Waals surface area contributed by atoms with Gasteiger partial charge < -0.3 is 0 Å². The molecule has 0 bridgehead atoms. The fourth-order valence-electron chi connectivity index (χ4n) is 3.58. The van der Waals surface area contributed by atoms with E-state index in [2.05, 4.69) is 25.1 Å². The van der Waals surface area contributed by atoms with Gasteiger partial charge in [0.2, 0.25) is 0 Å². The van der Waals surface area contributed by atoms with Crippen molar-refractivity contribution in [1.29, 1.82) is 0 Å². The largest absolute Gasteiger partial charge is 0.0843 e. The minimum Gasteiger partial charge on any atom is -0.0843 e. The summed E-state index contributed by atoms with van der Waals surface area (Å²) < 4.78 is 0. The van der Waals surface area contributed by atoms with Crippen molar-refractivity contribution < 1.29 is 0 Å². The Kier molecular flexibility index (Phi) is 6.93. The maximum Gasteiger partial charge on any atom is 0.0408 e. The third kappa shape index (κ3) is 5.13. The molecule has 0 amide bonds. The van der Waals surface area contributed by atoms with Crippen molar-refractivity contribution in [1.82, 2.24) is 0 Å². The van der Waals surface area contributed by atoms with Gasteiger partial charge in [-0.25, -0.2) is 0 Å². The summed E-state index contributed by atoms with van der Waals surface area (Å²) in [5, 5.41) is 0.889. The van der Waals surface area contributed by atoms with Crippen molar-refractivity contribution in [3.8, 4) is 0 Å². The van der Waals surface area contributed by atoms with E-state index < -0.39 is 0 Å². The predicted molar refractivity (Wildman–Crippen MR) is 89.5 cm³/mol. The Morgan fingerprint density at radius 1 is 1.00 bits per heavy atom. The molecule has 0 unspecified atom stereocenters. The molecule has 0 heterocycles. The third-order valence-corrected chi connectivity index (χ3v) is 5.12. The van der Waals surface area contributed by atoms with Crippen molar-refractivity contribution >= 4 is 11.6 Å². The minimum absolute atomic E-state index is 0.755. The Morgan fingerprint density at radius 2 is 1.75 bits per heavy atom. The van der Waals surface area contributed by atoms with Gasteiger partial charge in [-0.15, -0.1) is 0 Å². The van der Waals surface area contributed by atoms with Gasteiger partial charge in [-0.05, 0) is 55.2 Å². The van der Waals surface area contributed by atoms with Gasteiger partial charge in [0.05, 0.1) is 0 Å². The second-order valence-electron chi connectivity index (χ2n) is 6.48. The van der Waals surface area contributed by atoms with Crippen LogP contribution in [0.2, 0.25) is 5.02 Å². The molecule has 1 aromatic carbocycles. The van der Waals surface area contributed by atoms with Crippen LogP contribution in [0.15, 0.2) is 24.3 Å². The molecule has 1 saturated carbocycles. The molecule has 1 fully saturated rings. The summed E-state index contributed by atoms with van der Waals surface area (Å²) in [6.45, 7) is 2.29. The van der Waals surface area contributed by atoms with Crippen molar-refractivity contribution in [3.05, 3.63) is 34.9 Å². The standard InChI is InChI=1S/C19H29Cl/c1-2-3-4-5-6-8-16-11-13-17(14-12-16)18-9-7-10-19(20)15-18/h7,9-10,15-17H,2-6,8,11-14H2,1H3. The van der Waals surface area contributed by atoms with Crippen molar-refractivity contribution in [2.45, 2.75) is 77.0 Å². The SMILES string of the molecule is CCCCCCCC1CCC(c2cccc(Cl)c2)CC1. The molecule has 112 valence electrons. The Balaban J connectivity index is 1.67. The summed E-state index contributed by atoms with van der Waals surface area (Å²) in [6.07, 6.45) is 14.1. The molecule has 2 rings (SSSR count). The van der Waals surface area contributed by atoms with Crippen LogP contribution >= 0.6 is 11.6 Å². The van der Waals surface area contributed by atoms with Gasteiger partial charge in [-0.2, -0.15) is 0 Å². The van der Waals surface area contributed by atoms with Gasteiger partial charge in [-0.3, -0.25) is 0 Å². The van der Waals surface area contributed by atoms with Crippen LogP contribution in [-0.4, -0.2) is 0 Å². The van der Waals surface area contributed by atoms with E-state index >= 15 is 0 Å². The van der Waals surface area contributed by atoms with E-state index in [0.29, 0.717) is 0 Å². The highest BCUT2D eigenvalue weighted by atomic mass is 35.5. The topological polar surface area (TPSA) is 0 Å². The molecule has 0 atom stereocenters. The van der Waals surface area contributed by atoms with E-state index in [1.165, 1.54) is 69.8 Å². The highest BCUT2D eigenvalue weighted by molar-refractivity contribution is 6.30. The Hall–Kier alpha value is -0.490. The summed E-state index contributed by atoms with van der Waals surface area (Å²) in [4.78, 5) is 0. The number of hydrogen-bond acceptors (Lipinski definition) is 0. The Morgan fingerprint density at radius 3 is 2.45 bits per heavy atom. The molecule has 1 aliphatic rings. The van der Waals surface area contributed by atoms with Crippen LogP contribution < -0.4 is 0 Å². The highest BCUT2D eigenvalue weighted by Crippen LogP contribution is 2.38. The lowest BCUT2D eigenvalue weighted by atomic mass is 9.77.